The molecule has 0 atom stereocenters. The normalized spacial score (nSPS) is 9.75. The first-order valence-electron chi connectivity index (χ1n) is 4.86. The molecule has 0 heterocycles. The number of hydrogen-bond donors (Lipinski definition) is 1. The number of benzene rings is 1. The van der Waals surface area contributed by atoms with Gasteiger partial charge in [-0.3, -0.25) is 5.32 Å². The van der Waals surface area contributed by atoms with Crippen LogP contribution >= 0.6 is 15.9 Å². The molecule has 5 heteroatoms. The SMILES string of the molecule is CCOC(=O)Nc1c(C)cc(Br)cc1OC. The minimum absolute atomic E-state index is 0.337. The summed E-state index contributed by atoms with van der Waals surface area (Å²) in [5.41, 5.74) is 1.53. The molecule has 0 spiro atoms. The Hall–Kier alpha value is -1.23. The quantitative estimate of drug-likeness (QED) is 0.928. The molecule has 0 saturated heterocycles. The minimum atomic E-state index is -0.480. The smallest absolute Gasteiger partial charge is 0.411 e. The molecule has 0 bridgehead atoms. The molecule has 0 aliphatic heterocycles. The highest BCUT2D eigenvalue weighted by Gasteiger charge is 2.11. The lowest BCUT2D eigenvalue weighted by Gasteiger charge is -2.13. The second-order valence-corrected chi connectivity index (χ2v) is 4.06. The zero-order valence-corrected chi connectivity index (χ0v) is 11.1. The molecule has 1 N–H and O–H groups in total. The molecule has 88 valence electrons. The van der Waals surface area contributed by atoms with Gasteiger partial charge in [-0.2, -0.15) is 0 Å². The number of ether oxygens (including phenoxy) is 2. The largest absolute Gasteiger partial charge is 0.495 e. The lowest BCUT2D eigenvalue weighted by molar-refractivity contribution is 0.168. The van der Waals surface area contributed by atoms with Gasteiger partial charge in [0.2, 0.25) is 0 Å². The van der Waals surface area contributed by atoms with Crippen LogP contribution in [-0.2, 0) is 4.74 Å². The summed E-state index contributed by atoms with van der Waals surface area (Å²) in [5.74, 6) is 0.597. The van der Waals surface area contributed by atoms with Crippen LogP contribution in [0.5, 0.6) is 5.75 Å². The molecule has 16 heavy (non-hydrogen) atoms. The van der Waals surface area contributed by atoms with Gasteiger partial charge in [-0.15, -0.1) is 0 Å². The van der Waals surface area contributed by atoms with Crippen LogP contribution in [0.15, 0.2) is 16.6 Å². The Morgan fingerprint density at radius 2 is 2.19 bits per heavy atom. The molecule has 4 nitrogen and oxygen atoms in total. The molecule has 1 amide bonds. The van der Waals surface area contributed by atoms with E-state index >= 15 is 0 Å². The van der Waals surface area contributed by atoms with E-state index < -0.39 is 6.09 Å². The first-order chi connectivity index (χ1) is 7.58. The van der Waals surface area contributed by atoms with Crippen molar-refractivity contribution in [2.75, 3.05) is 19.0 Å². The maximum atomic E-state index is 11.3. The Morgan fingerprint density at radius 3 is 2.75 bits per heavy atom. The van der Waals surface area contributed by atoms with Gasteiger partial charge in [0.05, 0.1) is 19.4 Å². The van der Waals surface area contributed by atoms with Gasteiger partial charge >= 0.3 is 6.09 Å². The standard InChI is InChI=1S/C11H14BrNO3/c1-4-16-11(14)13-10-7(2)5-8(12)6-9(10)15-3/h5-6H,4H2,1-3H3,(H,13,14). The average molecular weight is 288 g/mol. The molecule has 0 aromatic heterocycles. The van der Waals surface area contributed by atoms with Gasteiger partial charge in [-0.1, -0.05) is 15.9 Å². The number of carbonyl (C=O) groups is 1. The lowest BCUT2D eigenvalue weighted by Crippen LogP contribution is -2.14. The maximum Gasteiger partial charge on any atom is 0.411 e. The van der Waals surface area contributed by atoms with Crippen LogP contribution in [0.25, 0.3) is 0 Å². The lowest BCUT2D eigenvalue weighted by atomic mass is 10.2. The van der Waals surface area contributed by atoms with E-state index in [1.807, 2.05) is 13.0 Å². The number of halogens is 1. The third-order valence-electron chi connectivity index (χ3n) is 1.99. The van der Waals surface area contributed by atoms with Crippen molar-refractivity contribution in [1.82, 2.24) is 0 Å². The van der Waals surface area contributed by atoms with Gasteiger partial charge < -0.3 is 9.47 Å². The third kappa shape index (κ3) is 3.13. The zero-order chi connectivity index (χ0) is 12.1. The molecule has 0 aliphatic carbocycles. The fraction of sp³-hybridized carbons (Fsp3) is 0.364. The topological polar surface area (TPSA) is 47.6 Å². The molecule has 1 aromatic carbocycles. The number of methoxy groups -OCH3 is 1. The van der Waals surface area contributed by atoms with Crippen molar-refractivity contribution in [3.63, 3.8) is 0 Å². The second-order valence-electron chi connectivity index (χ2n) is 3.15. The van der Waals surface area contributed by atoms with E-state index in [1.54, 1.807) is 20.1 Å². The predicted molar refractivity (Wildman–Crippen MR) is 66.1 cm³/mol. The van der Waals surface area contributed by atoms with Crippen LogP contribution in [-0.4, -0.2) is 19.8 Å². The second kappa shape index (κ2) is 5.75. The maximum absolute atomic E-state index is 11.3. The van der Waals surface area contributed by atoms with E-state index in [-0.39, 0.29) is 0 Å². The summed E-state index contributed by atoms with van der Waals surface area (Å²) in [6.45, 7) is 3.98. The first-order valence-corrected chi connectivity index (χ1v) is 5.65. The monoisotopic (exact) mass is 287 g/mol. The summed E-state index contributed by atoms with van der Waals surface area (Å²) in [5, 5.41) is 2.65. The van der Waals surface area contributed by atoms with Gasteiger partial charge in [0.15, 0.2) is 0 Å². The van der Waals surface area contributed by atoms with Crippen molar-refractivity contribution >= 4 is 27.7 Å². The highest BCUT2D eigenvalue weighted by molar-refractivity contribution is 9.10. The zero-order valence-electron chi connectivity index (χ0n) is 9.46. The van der Waals surface area contributed by atoms with Gasteiger partial charge in [0.25, 0.3) is 0 Å². The highest BCUT2D eigenvalue weighted by atomic mass is 79.9. The number of aryl methyl sites for hydroxylation is 1. The number of amides is 1. The molecule has 0 radical (unpaired) electrons. The van der Waals surface area contributed by atoms with Crippen molar-refractivity contribution in [2.45, 2.75) is 13.8 Å². The van der Waals surface area contributed by atoms with Gasteiger partial charge in [-0.05, 0) is 31.5 Å². The Labute approximate surface area is 103 Å². The predicted octanol–water partition coefficient (Wildman–Crippen LogP) is 3.33. The summed E-state index contributed by atoms with van der Waals surface area (Å²) < 4.78 is 10.9. The summed E-state index contributed by atoms with van der Waals surface area (Å²) >= 11 is 3.36. The first kappa shape index (κ1) is 12.8. The molecule has 1 aromatic rings. The highest BCUT2D eigenvalue weighted by Crippen LogP contribution is 2.32. The molecule has 0 fully saturated rings. The van der Waals surface area contributed by atoms with Gasteiger partial charge in [-0.25, -0.2) is 4.79 Å². The summed E-state index contributed by atoms with van der Waals surface area (Å²) in [4.78, 5) is 11.3. The minimum Gasteiger partial charge on any atom is -0.495 e. The summed E-state index contributed by atoms with van der Waals surface area (Å²) in [6.07, 6.45) is -0.480. The van der Waals surface area contributed by atoms with Crippen molar-refractivity contribution < 1.29 is 14.3 Å². The number of anilines is 1. The Balaban J connectivity index is 2.98. The molecule has 1 rings (SSSR count). The fourth-order valence-electron chi connectivity index (χ4n) is 1.30. The molecule has 0 unspecified atom stereocenters. The van der Waals surface area contributed by atoms with E-state index in [0.29, 0.717) is 18.0 Å². The van der Waals surface area contributed by atoms with Crippen molar-refractivity contribution in [3.8, 4) is 5.75 Å². The van der Waals surface area contributed by atoms with Crippen LogP contribution in [0.2, 0.25) is 0 Å². The molecule has 0 aliphatic rings. The van der Waals surface area contributed by atoms with E-state index in [1.165, 1.54) is 0 Å². The third-order valence-corrected chi connectivity index (χ3v) is 2.44. The average Bonchev–Trinajstić information content (AvgIpc) is 2.22. The van der Waals surface area contributed by atoms with E-state index in [9.17, 15) is 4.79 Å². The number of carbonyl (C=O) groups excluding carboxylic acids is 1. The summed E-state index contributed by atoms with van der Waals surface area (Å²) in [6, 6.07) is 3.68. The number of nitrogens with one attached hydrogen (secondary N) is 1. The Bertz CT molecular complexity index is 393. The number of rotatable bonds is 3. The van der Waals surface area contributed by atoms with Crippen LogP contribution in [0, 0.1) is 6.92 Å². The van der Waals surface area contributed by atoms with Crippen LogP contribution in [0.4, 0.5) is 10.5 Å². The summed E-state index contributed by atoms with van der Waals surface area (Å²) in [7, 11) is 1.55. The van der Waals surface area contributed by atoms with Crippen LogP contribution in [0.3, 0.4) is 0 Å². The van der Waals surface area contributed by atoms with E-state index in [4.69, 9.17) is 9.47 Å². The fourth-order valence-corrected chi connectivity index (χ4v) is 1.85. The van der Waals surface area contributed by atoms with Crippen molar-refractivity contribution in [2.24, 2.45) is 0 Å². The Kier molecular flexibility index (Phi) is 4.61. The van der Waals surface area contributed by atoms with Gasteiger partial charge in [0, 0.05) is 4.47 Å². The van der Waals surface area contributed by atoms with Crippen molar-refractivity contribution in [1.29, 1.82) is 0 Å². The van der Waals surface area contributed by atoms with Crippen LogP contribution in [0.1, 0.15) is 12.5 Å². The van der Waals surface area contributed by atoms with E-state index in [2.05, 4.69) is 21.2 Å². The Morgan fingerprint density at radius 1 is 1.50 bits per heavy atom. The molecular weight excluding hydrogens is 274 g/mol. The number of hydrogen-bond acceptors (Lipinski definition) is 3. The van der Waals surface area contributed by atoms with Crippen LogP contribution < -0.4 is 10.1 Å². The molecule has 0 saturated carbocycles. The van der Waals surface area contributed by atoms with E-state index in [0.717, 1.165) is 10.0 Å². The molecular formula is C11H14BrNO3. The van der Waals surface area contributed by atoms with Gasteiger partial charge in [0.1, 0.15) is 5.75 Å². The van der Waals surface area contributed by atoms with Crippen molar-refractivity contribution in [3.05, 3.63) is 22.2 Å².